The van der Waals surface area contributed by atoms with Crippen molar-refractivity contribution in [3.63, 3.8) is 0 Å². The van der Waals surface area contributed by atoms with E-state index in [2.05, 4.69) is 4.98 Å². The van der Waals surface area contributed by atoms with Gasteiger partial charge >= 0.3 is 5.97 Å². The third-order valence-corrected chi connectivity index (χ3v) is 3.25. The first-order valence-corrected chi connectivity index (χ1v) is 6.40. The summed E-state index contributed by atoms with van der Waals surface area (Å²) < 4.78 is 2.04. The third-order valence-electron chi connectivity index (χ3n) is 3.25. The number of nitrogens with zero attached hydrogens (tertiary/aromatic N) is 2. The zero-order valence-electron chi connectivity index (χ0n) is 11.1. The Morgan fingerprint density at radius 1 is 1.20 bits per heavy atom. The summed E-state index contributed by atoms with van der Waals surface area (Å²) in [6.07, 6.45) is 0.0273. The largest absolute Gasteiger partial charge is 0.481 e. The molecule has 3 aromatic rings. The zero-order chi connectivity index (χ0) is 14.1. The average Bonchev–Trinajstić information content (AvgIpc) is 2.74. The molecule has 0 bridgehead atoms. The van der Waals surface area contributed by atoms with Gasteiger partial charge in [0, 0.05) is 5.69 Å². The van der Waals surface area contributed by atoms with E-state index >= 15 is 0 Å². The number of aromatic nitrogens is 2. The second-order valence-electron chi connectivity index (χ2n) is 4.72. The molecule has 20 heavy (non-hydrogen) atoms. The Bertz CT molecular complexity index is 790. The van der Waals surface area contributed by atoms with Gasteiger partial charge in [0.2, 0.25) is 0 Å². The standard InChI is InChI=1S/C16H14N2O2/c1-11-17-14-7-2-3-8-15(14)18(11)13-6-4-5-12(9-13)10-16(19)20/h2-9H,10H2,1H3,(H,19,20). The molecule has 2 aromatic carbocycles. The predicted molar refractivity (Wildman–Crippen MR) is 77.1 cm³/mol. The number of carbonyl (C=O) groups is 1. The van der Waals surface area contributed by atoms with Crippen molar-refractivity contribution in [1.82, 2.24) is 9.55 Å². The van der Waals surface area contributed by atoms with Crippen LogP contribution in [-0.2, 0) is 11.2 Å². The highest BCUT2D eigenvalue weighted by Gasteiger charge is 2.09. The summed E-state index contributed by atoms with van der Waals surface area (Å²) in [5.41, 5.74) is 3.69. The molecular formula is C16H14N2O2. The number of aliphatic carboxylic acids is 1. The summed E-state index contributed by atoms with van der Waals surface area (Å²) in [6, 6.07) is 15.5. The first-order chi connectivity index (χ1) is 9.65. The van der Waals surface area contributed by atoms with Crippen LogP contribution in [0.3, 0.4) is 0 Å². The summed E-state index contributed by atoms with van der Waals surface area (Å²) in [7, 11) is 0. The number of carboxylic acid groups (broad SMARTS) is 1. The van der Waals surface area contributed by atoms with Crippen LogP contribution in [-0.4, -0.2) is 20.6 Å². The normalized spacial score (nSPS) is 10.8. The molecule has 0 fully saturated rings. The van der Waals surface area contributed by atoms with Crippen LogP contribution in [0, 0.1) is 6.92 Å². The van der Waals surface area contributed by atoms with Crippen molar-refractivity contribution in [2.45, 2.75) is 13.3 Å². The molecular weight excluding hydrogens is 252 g/mol. The lowest BCUT2D eigenvalue weighted by molar-refractivity contribution is -0.136. The van der Waals surface area contributed by atoms with Gasteiger partial charge in [-0.15, -0.1) is 0 Å². The minimum Gasteiger partial charge on any atom is -0.481 e. The molecule has 0 amide bonds. The maximum absolute atomic E-state index is 10.8. The van der Waals surface area contributed by atoms with E-state index in [9.17, 15) is 4.79 Å². The van der Waals surface area contributed by atoms with Crippen LogP contribution in [0.5, 0.6) is 0 Å². The Balaban J connectivity index is 2.15. The molecule has 0 radical (unpaired) electrons. The number of hydrogen-bond donors (Lipinski definition) is 1. The summed E-state index contributed by atoms with van der Waals surface area (Å²) in [5, 5.41) is 8.90. The van der Waals surface area contributed by atoms with Crippen molar-refractivity contribution in [2.75, 3.05) is 0 Å². The molecule has 4 nitrogen and oxygen atoms in total. The van der Waals surface area contributed by atoms with Gasteiger partial charge < -0.3 is 5.11 Å². The lowest BCUT2D eigenvalue weighted by atomic mass is 10.1. The molecule has 0 aliphatic heterocycles. The van der Waals surface area contributed by atoms with E-state index in [1.54, 1.807) is 0 Å². The summed E-state index contributed by atoms with van der Waals surface area (Å²) in [6.45, 7) is 1.95. The first kappa shape index (κ1) is 12.4. The molecule has 3 rings (SSSR count). The highest BCUT2D eigenvalue weighted by atomic mass is 16.4. The minimum absolute atomic E-state index is 0.0273. The number of aryl methyl sites for hydroxylation is 1. The van der Waals surface area contributed by atoms with Gasteiger partial charge in [-0.05, 0) is 36.8 Å². The Hall–Kier alpha value is -2.62. The number of fused-ring (bicyclic) bond motifs is 1. The number of hydrogen-bond acceptors (Lipinski definition) is 2. The van der Waals surface area contributed by atoms with Crippen LogP contribution >= 0.6 is 0 Å². The van der Waals surface area contributed by atoms with E-state index in [0.717, 1.165) is 28.1 Å². The summed E-state index contributed by atoms with van der Waals surface area (Å²) >= 11 is 0. The lowest BCUT2D eigenvalue weighted by Gasteiger charge is -2.08. The summed E-state index contributed by atoms with van der Waals surface area (Å²) in [5.74, 6) is 0.0630. The van der Waals surface area contributed by atoms with Crippen molar-refractivity contribution >= 4 is 17.0 Å². The number of imidazole rings is 1. The van der Waals surface area contributed by atoms with Gasteiger partial charge in [0.25, 0.3) is 0 Å². The average molecular weight is 266 g/mol. The van der Waals surface area contributed by atoms with Gasteiger partial charge in [0.05, 0.1) is 17.5 Å². The molecule has 100 valence electrons. The Morgan fingerprint density at radius 3 is 2.80 bits per heavy atom. The molecule has 1 aromatic heterocycles. The Labute approximate surface area is 116 Å². The van der Waals surface area contributed by atoms with Crippen LogP contribution in [0.15, 0.2) is 48.5 Å². The molecule has 0 saturated heterocycles. The van der Waals surface area contributed by atoms with Gasteiger partial charge in [-0.1, -0.05) is 24.3 Å². The number of benzene rings is 2. The lowest BCUT2D eigenvalue weighted by Crippen LogP contribution is -2.02. The number of rotatable bonds is 3. The maximum Gasteiger partial charge on any atom is 0.307 e. The quantitative estimate of drug-likeness (QED) is 0.793. The van der Waals surface area contributed by atoms with Crippen molar-refractivity contribution in [3.05, 3.63) is 59.9 Å². The third kappa shape index (κ3) is 2.16. The summed E-state index contributed by atoms with van der Waals surface area (Å²) in [4.78, 5) is 15.4. The van der Waals surface area contributed by atoms with Crippen LogP contribution in [0.25, 0.3) is 16.7 Å². The van der Waals surface area contributed by atoms with Crippen LogP contribution in [0.2, 0.25) is 0 Å². The van der Waals surface area contributed by atoms with E-state index in [1.165, 1.54) is 0 Å². The molecule has 0 saturated carbocycles. The topological polar surface area (TPSA) is 55.1 Å². The fraction of sp³-hybridized carbons (Fsp3) is 0.125. The fourth-order valence-corrected chi connectivity index (χ4v) is 2.45. The fourth-order valence-electron chi connectivity index (χ4n) is 2.45. The van der Waals surface area contributed by atoms with Crippen LogP contribution < -0.4 is 0 Å². The molecule has 0 atom stereocenters. The monoisotopic (exact) mass is 266 g/mol. The smallest absolute Gasteiger partial charge is 0.307 e. The van der Waals surface area contributed by atoms with Gasteiger partial charge in [-0.3, -0.25) is 9.36 Å². The second kappa shape index (κ2) is 4.81. The molecule has 0 aliphatic carbocycles. The van der Waals surface area contributed by atoms with E-state index in [-0.39, 0.29) is 6.42 Å². The molecule has 0 unspecified atom stereocenters. The maximum atomic E-state index is 10.8. The van der Waals surface area contributed by atoms with Gasteiger partial charge in [0.1, 0.15) is 5.82 Å². The number of carboxylic acids is 1. The zero-order valence-corrected chi connectivity index (χ0v) is 11.1. The van der Waals surface area contributed by atoms with E-state index in [1.807, 2.05) is 60.0 Å². The van der Waals surface area contributed by atoms with Crippen molar-refractivity contribution < 1.29 is 9.90 Å². The molecule has 1 N–H and O–H groups in total. The molecule has 0 spiro atoms. The van der Waals surface area contributed by atoms with Gasteiger partial charge in [0.15, 0.2) is 0 Å². The van der Waals surface area contributed by atoms with Crippen molar-refractivity contribution in [3.8, 4) is 5.69 Å². The van der Waals surface area contributed by atoms with E-state index in [0.29, 0.717) is 0 Å². The van der Waals surface area contributed by atoms with Crippen LogP contribution in [0.1, 0.15) is 11.4 Å². The Morgan fingerprint density at radius 2 is 2.00 bits per heavy atom. The van der Waals surface area contributed by atoms with Crippen molar-refractivity contribution in [2.24, 2.45) is 0 Å². The van der Waals surface area contributed by atoms with Crippen LogP contribution in [0.4, 0.5) is 0 Å². The van der Waals surface area contributed by atoms with Gasteiger partial charge in [-0.25, -0.2) is 4.98 Å². The van der Waals surface area contributed by atoms with Gasteiger partial charge in [-0.2, -0.15) is 0 Å². The van der Waals surface area contributed by atoms with E-state index in [4.69, 9.17) is 5.11 Å². The second-order valence-corrected chi connectivity index (χ2v) is 4.72. The Kier molecular flexibility index (Phi) is 2.99. The number of para-hydroxylation sites is 2. The molecule has 1 heterocycles. The minimum atomic E-state index is -0.825. The first-order valence-electron chi connectivity index (χ1n) is 6.40. The SMILES string of the molecule is Cc1nc2ccccc2n1-c1cccc(CC(=O)O)c1. The molecule has 4 heteroatoms. The highest BCUT2D eigenvalue weighted by Crippen LogP contribution is 2.21. The van der Waals surface area contributed by atoms with Crippen molar-refractivity contribution in [1.29, 1.82) is 0 Å². The molecule has 0 aliphatic rings. The van der Waals surface area contributed by atoms with E-state index < -0.39 is 5.97 Å². The predicted octanol–water partition coefficient (Wildman–Crippen LogP) is 2.96. The highest BCUT2D eigenvalue weighted by molar-refractivity contribution is 5.78.